The number of morpholine rings is 2. The van der Waals surface area contributed by atoms with Crippen molar-refractivity contribution in [3.8, 4) is 5.75 Å². The lowest BCUT2D eigenvalue weighted by Crippen LogP contribution is -2.51. The number of carbonyl (C=O) groups is 2. The number of nitrogens with zero attached hydrogens (tertiary/aromatic N) is 4. The minimum absolute atomic E-state index is 0.192. The van der Waals surface area contributed by atoms with Crippen molar-refractivity contribution >= 4 is 11.9 Å². The quantitative estimate of drug-likeness (QED) is 0.548. The van der Waals surface area contributed by atoms with Gasteiger partial charge >= 0.3 is 6.03 Å². The Bertz CT molecular complexity index is 821. The zero-order valence-corrected chi connectivity index (χ0v) is 20.0. The lowest BCUT2D eigenvalue weighted by Gasteiger charge is -2.37. The molecule has 3 saturated heterocycles. The van der Waals surface area contributed by atoms with E-state index in [1.165, 1.54) is 4.90 Å². The van der Waals surface area contributed by atoms with E-state index < -0.39 is 5.54 Å². The molecule has 3 amide bonds. The summed E-state index contributed by atoms with van der Waals surface area (Å²) in [6, 6.07) is 7.34. The van der Waals surface area contributed by atoms with Gasteiger partial charge in [0, 0.05) is 26.2 Å². The molecule has 3 aliphatic rings. The summed E-state index contributed by atoms with van der Waals surface area (Å²) in [5.41, 5.74) is -0.298. The maximum atomic E-state index is 13.8. The number of benzene rings is 1. The van der Waals surface area contributed by atoms with Crippen LogP contribution in [-0.2, 0) is 19.8 Å². The van der Waals surface area contributed by atoms with Crippen LogP contribution >= 0.6 is 0 Å². The number of urea groups is 1. The number of amides is 3. The molecule has 0 saturated carbocycles. The Kier molecular flexibility index (Phi) is 7.53. The molecule has 1 aromatic carbocycles. The first-order chi connectivity index (χ1) is 15.9. The minimum Gasteiger partial charge on any atom is -0.493 e. The molecular formula is C24H36N4O5. The van der Waals surface area contributed by atoms with Gasteiger partial charge in [-0.3, -0.25) is 19.5 Å². The van der Waals surface area contributed by atoms with Gasteiger partial charge in [-0.1, -0.05) is 26.0 Å². The second-order valence-corrected chi connectivity index (χ2v) is 9.49. The summed E-state index contributed by atoms with van der Waals surface area (Å²) in [4.78, 5) is 34.8. The van der Waals surface area contributed by atoms with E-state index in [-0.39, 0.29) is 18.6 Å². The molecule has 3 aliphatic heterocycles. The zero-order valence-electron chi connectivity index (χ0n) is 20.0. The Labute approximate surface area is 196 Å². The third-order valence-corrected chi connectivity index (χ3v) is 6.55. The van der Waals surface area contributed by atoms with Crippen molar-refractivity contribution in [2.75, 3.05) is 72.6 Å². The predicted octanol–water partition coefficient (Wildman–Crippen LogP) is 1.78. The summed E-state index contributed by atoms with van der Waals surface area (Å²) in [6.45, 7) is 12.7. The topological polar surface area (TPSA) is 74.8 Å². The van der Waals surface area contributed by atoms with E-state index in [2.05, 4.69) is 23.6 Å². The molecule has 182 valence electrons. The van der Waals surface area contributed by atoms with Gasteiger partial charge in [0.25, 0.3) is 5.91 Å². The third kappa shape index (κ3) is 5.16. The fraction of sp³-hybridized carbons (Fsp3) is 0.667. The summed E-state index contributed by atoms with van der Waals surface area (Å²) in [5, 5.41) is 0. The minimum atomic E-state index is -1.09. The van der Waals surface area contributed by atoms with Crippen LogP contribution in [-0.4, -0.2) is 104 Å². The number of hydrogen-bond donors (Lipinski definition) is 0. The van der Waals surface area contributed by atoms with E-state index in [0.29, 0.717) is 58.7 Å². The highest BCUT2D eigenvalue weighted by molar-refractivity contribution is 6.07. The first-order valence-corrected chi connectivity index (χ1v) is 11.9. The van der Waals surface area contributed by atoms with Crippen LogP contribution in [0.5, 0.6) is 5.75 Å². The Morgan fingerprint density at radius 1 is 0.909 bits per heavy atom. The van der Waals surface area contributed by atoms with Gasteiger partial charge in [-0.2, -0.15) is 0 Å². The third-order valence-electron chi connectivity index (χ3n) is 6.55. The molecule has 0 aromatic heterocycles. The molecule has 33 heavy (non-hydrogen) atoms. The van der Waals surface area contributed by atoms with Gasteiger partial charge in [-0.25, -0.2) is 9.69 Å². The lowest BCUT2D eigenvalue weighted by molar-refractivity contribution is -0.135. The van der Waals surface area contributed by atoms with Crippen LogP contribution in [0.3, 0.4) is 0 Å². The Morgan fingerprint density at radius 2 is 1.45 bits per heavy atom. The average Bonchev–Trinajstić information content (AvgIpc) is 3.01. The monoisotopic (exact) mass is 460 g/mol. The van der Waals surface area contributed by atoms with E-state index >= 15 is 0 Å². The van der Waals surface area contributed by atoms with Gasteiger partial charge < -0.3 is 14.2 Å². The molecule has 9 nitrogen and oxygen atoms in total. The summed E-state index contributed by atoms with van der Waals surface area (Å²) >= 11 is 0. The lowest BCUT2D eigenvalue weighted by atomic mass is 9.90. The number of hydrogen-bond acceptors (Lipinski definition) is 7. The van der Waals surface area contributed by atoms with Crippen molar-refractivity contribution in [1.29, 1.82) is 0 Å². The normalized spacial score (nSPS) is 25.3. The van der Waals surface area contributed by atoms with Crippen molar-refractivity contribution in [1.82, 2.24) is 19.6 Å². The molecule has 0 radical (unpaired) electrons. The molecule has 3 heterocycles. The van der Waals surface area contributed by atoms with Gasteiger partial charge in [0.2, 0.25) is 0 Å². The van der Waals surface area contributed by atoms with Gasteiger partial charge in [0.1, 0.15) is 11.3 Å². The van der Waals surface area contributed by atoms with Gasteiger partial charge in [0.05, 0.1) is 46.4 Å². The van der Waals surface area contributed by atoms with E-state index in [1.807, 2.05) is 31.2 Å². The summed E-state index contributed by atoms with van der Waals surface area (Å²) < 4.78 is 16.7. The van der Waals surface area contributed by atoms with E-state index in [1.54, 1.807) is 4.90 Å². The maximum absolute atomic E-state index is 13.8. The second-order valence-electron chi connectivity index (χ2n) is 9.49. The maximum Gasteiger partial charge on any atom is 0.330 e. The number of imide groups is 1. The van der Waals surface area contributed by atoms with Crippen LogP contribution in [0.4, 0.5) is 4.79 Å². The summed E-state index contributed by atoms with van der Waals surface area (Å²) in [5.74, 6) is 0.995. The first-order valence-electron chi connectivity index (χ1n) is 11.9. The standard InChI is InChI=1S/C24H36N4O5/c1-19(2)16-33-21-6-4-20(5-7-21)24(3)22(29)27(17-25-8-12-31-13-9-25)23(30)28(24)18-26-10-14-32-15-11-26/h4-7,19H,8-18H2,1-3H3. The largest absolute Gasteiger partial charge is 0.493 e. The molecule has 1 unspecified atom stereocenters. The van der Waals surface area contributed by atoms with Gasteiger partial charge in [0.15, 0.2) is 0 Å². The van der Waals surface area contributed by atoms with E-state index in [0.717, 1.165) is 24.4 Å². The zero-order chi connectivity index (χ0) is 23.4. The second kappa shape index (κ2) is 10.4. The highest BCUT2D eigenvalue weighted by Crippen LogP contribution is 2.38. The molecular weight excluding hydrogens is 424 g/mol. The molecule has 1 aromatic rings. The summed E-state index contributed by atoms with van der Waals surface area (Å²) in [7, 11) is 0. The SMILES string of the molecule is CC(C)COc1ccc(C2(C)C(=O)N(CN3CCOCC3)C(=O)N2CN2CCOCC2)cc1. The van der Waals surface area contributed by atoms with Crippen molar-refractivity contribution in [3.05, 3.63) is 29.8 Å². The van der Waals surface area contributed by atoms with Crippen LogP contribution in [0.15, 0.2) is 24.3 Å². The van der Waals surface area contributed by atoms with Crippen molar-refractivity contribution in [2.45, 2.75) is 26.3 Å². The van der Waals surface area contributed by atoms with Crippen LogP contribution in [0.2, 0.25) is 0 Å². The number of rotatable bonds is 8. The summed E-state index contributed by atoms with van der Waals surface area (Å²) in [6.07, 6.45) is 0. The molecule has 0 bridgehead atoms. The fourth-order valence-corrected chi connectivity index (χ4v) is 4.43. The number of carbonyl (C=O) groups excluding carboxylic acids is 2. The highest BCUT2D eigenvalue weighted by atomic mass is 16.5. The van der Waals surface area contributed by atoms with Crippen molar-refractivity contribution in [3.63, 3.8) is 0 Å². The first kappa shape index (κ1) is 23.9. The van der Waals surface area contributed by atoms with Gasteiger partial charge in [-0.15, -0.1) is 0 Å². The van der Waals surface area contributed by atoms with Crippen molar-refractivity contribution in [2.24, 2.45) is 5.92 Å². The average molecular weight is 461 g/mol. The van der Waals surface area contributed by atoms with Crippen LogP contribution in [0.25, 0.3) is 0 Å². The molecule has 0 spiro atoms. The molecule has 0 N–H and O–H groups in total. The van der Waals surface area contributed by atoms with Crippen LogP contribution < -0.4 is 4.74 Å². The molecule has 9 heteroatoms. The Hall–Kier alpha value is -2.20. The number of ether oxygens (including phenoxy) is 3. The highest BCUT2D eigenvalue weighted by Gasteiger charge is 2.56. The van der Waals surface area contributed by atoms with Crippen molar-refractivity contribution < 1.29 is 23.8 Å². The van der Waals surface area contributed by atoms with Crippen LogP contribution in [0.1, 0.15) is 26.3 Å². The molecule has 1 atom stereocenters. The smallest absolute Gasteiger partial charge is 0.330 e. The Morgan fingerprint density at radius 3 is 2.00 bits per heavy atom. The van der Waals surface area contributed by atoms with E-state index in [9.17, 15) is 9.59 Å². The molecule has 4 rings (SSSR count). The van der Waals surface area contributed by atoms with Gasteiger partial charge in [-0.05, 0) is 30.5 Å². The fourth-order valence-electron chi connectivity index (χ4n) is 4.43. The predicted molar refractivity (Wildman–Crippen MR) is 123 cm³/mol. The Balaban J connectivity index is 1.59. The molecule has 0 aliphatic carbocycles. The van der Waals surface area contributed by atoms with E-state index in [4.69, 9.17) is 14.2 Å². The molecule has 3 fully saturated rings. The van der Waals surface area contributed by atoms with Crippen LogP contribution in [0, 0.1) is 5.92 Å².